The summed E-state index contributed by atoms with van der Waals surface area (Å²) in [7, 11) is -3.29. The number of nitrogens with zero attached hydrogens (tertiary/aromatic N) is 2. The number of rotatable bonds is 2. The van der Waals surface area contributed by atoms with Crippen molar-refractivity contribution < 1.29 is 8.42 Å². The van der Waals surface area contributed by atoms with Crippen LogP contribution in [0.5, 0.6) is 0 Å². The van der Waals surface area contributed by atoms with E-state index in [4.69, 9.17) is 5.26 Å². The summed E-state index contributed by atoms with van der Waals surface area (Å²) in [5.41, 5.74) is 1.33. The molecule has 6 heteroatoms. The molecule has 0 amide bonds. The van der Waals surface area contributed by atoms with Crippen LogP contribution in [0, 0.1) is 18.3 Å². The van der Waals surface area contributed by atoms with E-state index in [9.17, 15) is 8.42 Å². The molecule has 0 radical (unpaired) electrons. The summed E-state index contributed by atoms with van der Waals surface area (Å²) >= 11 is 0. The van der Waals surface area contributed by atoms with Gasteiger partial charge >= 0.3 is 0 Å². The standard InChI is InChI=1S/C8H9N3O2S/c1-6-3-7(4-9)10-5-8(6)11-14(2,12)13/h3,5,11H,1-2H3. The Morgan fingerprint density at radius 1 is 1.57 bits per heavy atom. The monoisotopic (exact) mass is 211 g/mol. The van der Waals surface area contributed by atoms with Crippen LogP contribution in [0.15, 0.2) is 12.3 Å². The van der Waals surface area contributed by atoms with E-state index in [1.165, 1.54) is 12.3 Å². The number of nitrogens with one attached hydrogen (secondary N) is 1. The molecule has 0 fully saturated rings. The molecule has 0 aliphatic rings. The summed E-state index contributed by atoms with van der Waals surface area (Å²) in [6, 6.07) is 3.39. The minimum atomic E-state index is -3.29. The average Bonchev–Trinajstić information content (AvgIpc) is 2.06. The quantitative estimate of drug-likeness (QED) is 0.777. The summed E-state index contributed by atoms with van der Waals surface area (Å²) in [4.78, 5) is 3.75. The summed E-state index contributed by atoms with van der Waals surface area (Å²) in [6.07, 6.45) is 2.39. The molecule has 0 bridgehead atoms. The SMILES string of the molecule is Cc1cc(C#N)ncc1NS(C)(=O)=O. The number of anilines is 1. The minimum Gasteiger partial charge on any atom is -0.282 e. The lowest BCUT2D eigenvalue weighted by molar-refractivity contribution is 0.606. The molecule has 0 saturated heterocycles. The number of sulfonamides is 1. The first kappa shape index (κ1) is 10.5. The van der Waals surface area contributed by atoms with Crippen LogP contribution in [0.4, 0.5) is 5.69 Å². The molecule has 0 aromatic carbocycles. The predicted octanol–water partition coefficient (Wildman–Crippen LogP) is 0.633. The molecule has 1 aromatic heterocycles. The van der Waals surface area contributed by atoms with Gasteiger partial charge in [-0.15, -0.1) is 0 Å². The van der Waals surface area contributed by atoms with E-state index in [1.807, 2.05) is 6.07 Å². The summed E-state index contributed by atoms with van der Waals surface area (Å²) in [5, 5.41) is 8.53. The van der Waals surface area contributed by atoms with Gasteiger partial charge < -0.3 is 0 Å². The van der Waals surface area contributed by atoms with Gasteiger partial charge in [-0.2, -0.15) is 5.26 Å². The average molecular weight is 211 g/mol. The van der Waals surface area contributed by atoms with Crippen LogP contribution in [0.1, 0.15) is 11.3 Å². The van der Waals surface area contributed by atoms with Gasteiger partial charge in [0.25, 0.3) is 0 Å². The molecule has 0 spiro atoms. The highest BCUT2D eigenvalue weighted by Gasteiger charge is 2.05. The molecule has 1 aromatic rings. The van der Waals surface area contributed by atoms with Crippen molar-refractivity contribution in [2.45, 2.75) is 6.92 Å². The second kappa shape index (κ2) is 3.64. The van der Waals surface area contributed by atoms with Crippen LogP contribution in [0.3, 0.4) is 0 Å². The summed E-state index contributed by atoms with van der Waals surface area (Å²) in [6.45, 7) is 1.70. The number of hydrogen-bond donors (Lipinski definition) is 1. The van der Waals surface area contributed by atoms with Gasteiger partial charge in [0.2, 0.25) is 10.0 Å². The zero-order valence-electron chi connectivity index (χ0n) is 7.77. The maximum atomic E-state index is 10.9. The van der Waals surface area contributed by atoms with Crippen molar-refractivity contribution in [3.05, 3.63) is 23.5 Å². The Morgan fingerprint density at radius 2 is 2.21 bits per heavy atom. The Bertz CT molecular complexity index is 488. The van der Waals surface area contributed by atoms with Crippen LogP contribution >= 0.6 is 0 Å². The number of aryl methyl sites for hydroxylation is 1. The van der Waals surface area contributed by atoms with Gasteiger partial charge in [-0.1, -0.05) is 0 Å². The highest BCUT2D eigenvalue weighted by atomic mass is 32.2. The van der Waals surface area contributed by atoms with Crippen molar-refractivity contribution in [2.75, 3.05) is 11.0 Å². The van der Waals surface area contributed by atoms with Gasteiger partial charge in [-0.3, -0.25) is 4.72 Å². The largest absolute Gasteiger partial charge is 0.282 e. The molecule has 14 heavy (non-hydrogen) atoms. The normalized spacial score (nSPS) is 10.6. The van der Waals surface area contributed by atoms with Crippen molar-refractivity contribution in [3.8, 4) is 6.07 Å². The van der Waals surface area contributed by atoms with Crippen LogP contribution in [0.2, 0.25) is 0 Å². The molecule has 5 nitrogen and oxygen atoms in total. The van der Waals surface area contributed by atoms with E-state index in [-0.39, 0.29) is 5.69 Å². The van der Waals surface area contributed by atoms with E-state index in [1.54, 1.807) is 6.92 Å². The van der Waals surface area contributed by atoms with Crippen molar-refractivity contribution >= 4 is 15.7 Å². The fourth-order valence-corrected chi connectivity index (χ4v) is 1.54. The first-order valence-electron chi connectivity index (χ1n) is 3.77. The van der Waals surface area contributed by atoms with Crippen molar-refractivity contribution in [1.29, 1.82) is 5.26 Å². The molecule has 0 unspecified atom stereocenters. The Morgan fingerprint density at radius 3 is 2.64 bits per heavy atom. The molecule has 1 N–H and O–H groups in total. The topological polar surface area (TPSA) is 82.8 Å². The third-order valence-corrected chi connectivity index (χ3v) is 2.11. The molecule has 0 aliphatic heterocycles. The minimum absolute atomic E-state index is 0.265. The zero-order valence-corrected chi connectivity index (χ0v) is 8.59. The molecule has 0 saturated carbocycles. The first-order chi connectivity index (χ1) is 6.42. The number of aromatic nitrogens is 1. The van der Waals surface area contributed by atoms with E-state index >= 15 is 0 Å². The number of pyridine rings is 1. The highest BCUT2D eigenvalue weighted by Crippen LogP contribution is 2.14. The first-order valence-corrected chi connectivity index (χ1v) is 5.66. The van der Waals surface area contributed by atoms with Crippen LogP contribution in [0.25, 0.3) is 0 Å². The summed E-state index contributed by atoms with van der Waals surface area (Å²) < 4.78 is 24.1. The smallest absolute Gasteiger partial charge is 0.229 e. The van der Waals surface area contributed by atoms with Crippen molar-refractivity contribution in [1.82, 2.24) is 4.98 Å². The fraction of sp³-hybridized carbons (Fsp3) is 0.250. The van der Waals surface area contributed by atoms with Crippen molar-refractivity contribution in [2.24, 2.45) is 0 Å². The van der Waals surface area contributed by atoms with Gasteiger partial charge in [-0.05, 0) is 18.6 Å². The van der Waals surface area contributed by atoms with Gasteiger partial charge in [0, 0.05) is 0 Å². The van der Waals surface area contributed by atoms with Gasteiger partial charge in [0.1, 0.15) is 11.8 Å². The molecular weight excluding hydrogens is 202 g/mol. The molecule has 0 atom stereocenters. The molecule has 1 heterocycles. The van der Waals surface area contributed by atoms with Crippen LogP contribution in [-0.2, 0) is 10.0 Å². The third-order valence-electron chi connectivity index (χ3n) is 1.52. The maximum absolute atomic E-state index is 10.9. The molecule has 0 aliphatic carbocycles. The lowest BCUT2D eigenvalue weighted by atomic mass is 10.2. The Labute approximate surface area is 82.4 Å². The molecule has 1 rings (SSSR count). The Hall–Kier alpha value is -1.61. The number of hydrogen-bond acceptors (Lipinski definition) is 4. The summed E-state index contributed by atoms with van der Waals surface area (Å²) in [5.74, 6) is 0. The Kier molecular flexibility index (Phi) is 2.72. The second-order valence-electron chi connectivity index (χ2n) is 2.87. The van der Waals surface area contributed by atoms with Gasteiger partial charge in [0.05, 0.1) is 18.1 Å². The van der Waals surface area contributed by atoms with Crippen LogP contribution < -0.4 is 4.72 Å². The Balaban J connectivity index is 3.09. The fourth-order valence-electron chi connectivity index (χ4n) is 0.924. The highest BCUT2D eigenvalue weighted by molar-refractivity contribution is 7.92. The van der Waals surface area contributed by atoms with E-state index < -0.39 is 10.0 Å². The number of nitriles is 1. The zero-order chi connectivity index (χ0) is 10.8. The lowest BCUT2D eigenvalue weighted by Crippen LogP contribution is -2.11. The maximum Gasteiger partial charge on any atom is 0.229 e. The molecular formula is C8H9N3O2S. The second-order valence-corrected chi connectivity index (χ2v) is 4.62. The van der Waals surface area contributed by atoms with Crippen LogP contribution in [-0.4, -0.2) is 19.7 Å². The van der Waals surface area contributed by atoms with Gasteiger partial charge in [0.15, 0.2) is 0 Å². The van der Waals surface area contributed by atoms with E-state index in [2.05, 4.69) is 9.71 Å². The van der Waals surface area contributed by atoms with E-state index in [0.29, 0.717) is 11.3 Å². The lowest BCUT2D eigenvalue weighted by Gasteiger charge is -2.06. The van der Waals surface area contributed by atoms with Gasteiger partial charge in [-0.25, -0.2) is 13.4 Å². The molecule has 74 valence electrons. The van der Waals surface area contributed by atoms with E-state index in [0.717, 1.165) is 6.26 Å². The van der Waals surface area contributed by atoms with Crippen molar-refractivity contribution in [3.63, 3.8) is 0 Å². The third kappa shape index (κ3) is 2.71. The predicted molar refractivity (Wildman–Crippen MR) is 52.2 cm³/mol.